The van der Waals surface area contributed by atoms with Crippen LogP contribution in [0, 0.1) is 5.92 Å². The van der Waals surface area contributed by atoms with Gasteiger partial charge < -0.3 is 15.8 Å². The van der Waals surface area contributed by atoms with Gasteiger partial charge >= 0.3 is 6.01 Å². The van der Waals surface area contributed by atoms with Crippen LogP contribution in [0.15, 0.2) is 0 Å². The van der Waals surface area contributed by atoms with E-state index in [-0.39, 0.29) is 5.91 Å². The van der Waals surface area contributed by atoms with Crippen LogP contribution in [-0.4, -0.2) is 27.9 Å². The van der Waals surface area contributed by atoms with E-state index in [2.05, 4.69) is 21.6 Å². The summed E-state index contributed by atoms with van der Waals surface area (Å²) in [6, 6.07) is -0.0647. The molecule has 1 aromatic heterocycles. The van der Waals surface area contributed by atoms with Crippen molar-refractivity contribution in [3.8, 4) is 6.01 Å². The monoisotopic (exact) mass is 286 g/mol. The lowest BCUT2D eigenvalue weighted by Crippen LogP contribution is -2.36. The van der Waals surface area contributed by atoms with Crippen molar-refractivity contribution in [2.24, 2.45) is 11.7 Å². The third-order valence-electron chi connectivity index (χ3n) is 2.48. The minimum absolute atomic E-state index is 0.355. The number of nitrogens with two attached hydrogens (primary N) is 1. The SMILES string of the molecule is CCCCOc1nsc(N[C@@H](CC(C)C)C(N)=O)n1. The molecule has 1 rings (SSSR count). The lowest BCUT2D eigenvalue weighted by atomic mass is 10.0. The number of nitrogens with one attached hydrogen (secondary N) is 1. The van der Waals surface area contributed by atoms with Gasteiger partial charge in [0.05, 0.1) is 6.61 Å². The summed E-state index contributed by atoms with van der Waals surface area (Å²) in [5.74, 6) is -0.00412. The van der Waals surface area contributed by atoms with Gasteiger partial charge in [-0.2, -0.15) is 4.98 Å². The van der Waals surface area contributed by atoms with Crippen LogP contribution >= 0.6 is 11.5 Å². The van der Waals surface area contributed by atoms with E-state index < -0.39 is 6.04 Å². The van der Waals surface area contributed by atoms with Crippen LogP contribution in [0.25, 0.3) is 0 Å². The molecular weight excluding hydrogens is 264 g/mol. The molecule has 1 heterocycles. The number of nitrogens with zero attached hydrogens (tertiary/aromatic N) is 2. The second-order valence-electron chi connectivity index (χ2n) is 4.81. The smallest absolute Gasteiger partial charge is 0.330 e. The first-order valence-corrected chi connectivity index (χ1v) is 7.32. The van der Waals surface area contributed by atoms with E-state index in [1.54, 1.807) is 0 Å². The normalized spacial score (nSPS) is 12.4. The van der Waals surface area contributed by atoms with Crippen LogP contribution in [0.2, 0.25) is 0 Å². The van der Waals surface area contributed by atoms with E-state index in [0.29, 0.717) is 30.1 Å². The minimum atomic E-state index is -0.420. The summed E-state index contributed by atoms with van der Waals surface area (Å²) in [7, 11) is 0. The Morgan fingerprint density at radius 2 is 2.26 bits per heavy atom. The van der Waals surface area contributed by atoms with Crippen molar-refractivity contribution >= 4 is 22.6 Å². The zero-order chi connectivity index (χ0) is 14.3. The Kier molecular flexibility index (Phi) is 6.55. The van der Waals surface area contributed by atoms with Gasteiger partial charge in [-0.25, -0.2) is 0 Å². The number of rotatable bonds is 9. The van der Waals surface area contributed by atoms with E-state index in [1.165, 1.54) is 11.5 Å². The third-order valence-corrected chi connectivity index (χ3v) is 3.11. The van der Waals surface area contributed by atoms with Gasteiger partial charge in [-0.1, -0.05) is 27.2 Å². The molecule has 1 amide bonds. The number of unbranched alkanes of at least 4 members (excludes halogenated alkanes) is 1. The van der Waals surface area contributed by atoms with E-state index >= 15 is 0 Å². The molecule has 0 saturated heterocycles. The molecule has 0 radical (unpaired) electrons. The molecule has 1 atom stereocenters. The molecule has 108 valence electrons. The van der Waals surface area contributed by atoms with E-state index in [1.807, 2.05) is 13.8 Å². The highest BCUT2D eigenvalue weighted by atomic mass is 32.1. The van der Waals surface area contributed by atoms with Crippen molar-refractivity contribution in [2.75, 3.05) is 11.9 Å². The number of hydrogen-bond donors (Lipinski definition) is 2. The van der Waals surface area contributed by atoms with Gasteiger partial charge in [0.1, 0.15) is 6.04 Å². The molecule has 1 aromatic rings. The number of anilines is 1. The largest absolute Gasteiger partial charge is 0.463 e. The first kappa shape index (κ1) is 15.7. The molecule has 0 spiro atoms. The molecule has 0 aliphatic rings. The second-order valence-corrected chi connectivity index (χ2v) is 5.56. The van der Waals surface area contributed by atoms with Gasteiger partial charge in [-0.3, -0.25) is 4.79 Å². The number of primary amides is 1. The Balaban J connectivity index is 2.52. The van der Waals surface area contributed by atoms with Crippen molar-refractivity contribution in [2.45, 2.75) is 46.1 Å². The third kappa shape index (κ3) is 5.87. The van der Waals surface area contributed by atoms with Gasteiger partial charge in [0.15, 0.2) is 0 Å². The Labute approximate surface area is 117 Å². The Morgan fingerprint density at radius 1 is 1.53 bits per heavy atom. The Morgan fingerprint density at radius 3 is 2.84 bits per heavy atom. The average molecular weight is 286 g/mol. The molecule has 0 fully saturated rings. The number of aromatic nitrogens is 2. The summed E-state index contributed by atoms with van der Waals surface area (Å²) in [5, 5.41) is 3.58. The van der Waals surface area contributed by atoms with Crippen LogP contribution in [0.5, 0.6) is 6.01 Å². The van der Waals surface area contributed by atoms with Gasteiger partial charge in [0, 0.05) is 11.5 Å². The fourth-order valence-corrected chi connectivity index (χ4v) is 2.07. The van der Waals surface area contributed by atoms with Crippen LogP contribution < -0.4 is 15.8 Å². The second kappa shape index (κ2) is 7.93. The molecule has 3 N–H and O–H groups in total. The maximum atomic E-state index is 11.3. The Hall–Kier alpha value is -1.37. The predicted octanol–water partition coefficient (Wildman–Crippen LogP) is 2.03. The first-order chi connectivity index (χ1) is 9.02. The summed E-state index contributed by atoms with van der Waals surface area (Å²) in [5.41, 5.74) is 5.36. The van der Waals surface area contributed by atoms with Crippen LogP contribution in [0.3, 0.4) is 0 Å². The molecule has 0 aliphatic carbocycles. The molecule has 19 heavy (non-hydrogen) atoms. The molecule has 0 aromatic carbocycles. The molecular formula is C12H22N4O2S. The van der Waals surface area contributed by atoms with Crippen LogP contribution in [0.4, 0.5) is 5.13 Å². The molecule has 0 saturated carbocycles. The highest BCUT2D eigenvalue weighted by Gasteiger charge is 2.18. The van der Waals surface area contributed by atoms with Gasteiger partial charge in [-0.05, 0) is 18.8 Å². The predicted molar refractivity (Wildman–Crippen MR) is 76.4 cm³/mol. The summed E-state index contributed by atoms with van der Waals surface area (Å²) in [6.45, 7) is 6.78. The van der Waals surface area contributed by atoms with E-state index in [4.69, 9.17) is 10.5 Å². The summed E-state index contributed by atoms with van der Waals surface area (Å²) in [4.78, 5) is 15.5. The van der Waals surface area contributed by atoms with Crippen molar-refractivity contribution in [1.82, 2.24) is 9.36 Å². The van der Waals surface area contributed by atoms with Crippen LogP contribution in [-0.2, 0) is 4.79 Å². The fourth-order valence-electron chi connectivity index (χ4n) is 1.50. The van der Waals surface area contributed by atoms with Crippen molar-refractivity contribution < 1.29 is 9.53 Å². The lowest BCUT2D eigenvalue weighted by molar-refractivity contribution is -0.119. The van der Waals surface area contributed by atoms with Crippen molar-refractivity contribution in [3.05, 3.63) is 0 Å². The summed E-state index contributed by atoms with van der Waals surface area (Å²) < 4.78 is 9.46. The van der Waals surface area contributed by atoms with E-state index in [0.717, 1.165) is 12.8 Å². The number of carbonyl (C=O) groups is 1. The van der Waals surface area contributed by atoms with Crippen LogP contribution in [0.1, 0.15) is 40.0 Å². The van der Waals surface area contributed by atoms with Gasteiger partial charge in [-0.15, -0.1) is 4.37 Å². The molecule has 0 bridgehead atoms. The zero-order valence-electron chi connectivity index (χ0n) is 11.7. The lowest BCUT2D eigenvalue weighted by Gasteiger charge is -2.16. The number of carbonyl (C=O) groups excluding carboxylic acids is 1. The first-order valence-electron chi connectivity index (χ1n) is 6.55. The average Bonchev–Trinajstić information content (AvgIpc) is 2.76. The van der Waals surface area contributed by atoms with E-state index in [9.17, 15) is 4.79 Å². The van der Waals surface area contributed by atoms with Crippen molar-refractivity contribution in [1.29, 1.82) is 0 Å². The molecule has 0 aliphatic heterocycles. The molecule has 6 nitrogen and oxygen atoms in total. The topological polar surface area (TPSA) is 90.1 Å². The molecule has 7 heteroatoms. The molecule has 0 unspecified atom stereocenters. The highest BCUT2D eigenvalue weighted by molar-refractivity contribution is 7.09. The minimum Gasteiger partial charge on any atom is -0.463 e. The van der Waals surface area contributed by atoms with Crippen molar-refractivity contribution in [3.63, 3.8) is 0 Å². The zero-order valence-corrected chi connectivity index (χ0v) is 12.5. The standard InChI is InChI=1S/C12H22N4O2S/c1-4-5-6-18-11-15-12(19-16-11)14-9(10(13)17)7-8(2)3/h8-9H,4-7H2,1-3H3,(H2,13,17)(H,14,15,16)/t9-/m0/s1. The number of ether oxygens (including phenoxy) is 1. The van der Waals surface area contributed by atoms with Gasteiger partial charge in [0.2, 0.25) is 11.0 Å². The number of hydrogen-bond acceptors (Lipinski definition) is 6. The summed E-state index contributed by atoms with van der Waals surface area (Å²) >= 11 is 1.18. The fraction of sp³-hybridized carbons (Fsp3) is 0.750. The Bertz CT molecular complexity index is 395. The maximum Gasteiger partial charge on any atom is 0.330 e. The quantitative estimate of drug-likeness (QED) is 0.678. The van der Waals surface area contributed by atoms with Gasteiger partial charge in [0.25, 0.3) is 0 Å². The highest BCUT2D eigenvalue weighted by Crippen LogP contribution is 2.19. The summed E-state index contributed by atoms with van der Waals surface area (Å²) in [6.07, 6.45) is 2.70. The maximum absolute atomic E-state index is 11.3. The number of amides is 1.